The largest absolute Gasteiger partial charge is 0.293 e. The molecule has 0 heterocycles. The van der Waals surface area contributed by atoms with Gasteiger partial charge in [0.1, 0.15) is 0 Å². The van der Waals surface area contributed by atoms with E-state index in [4.69, 9.17) is 11.6 Å². The van der Waals surface area contributed by atoms with Crippen LogP contribution in [0.2, 0.25) is 0 Å². The van der Waals surface area contributed by atoms with Crippen molar-refractivity contribution in [2.45, 2.75) is 18.2 Å². The number of ketones is 1. The number of rotatable bonds is 5. The van der Waals surface area contributed by atoms with Gasteiger partial charge < -0.3 is 0 Å². The van der Waals surface area contributed by atoms with E-state index in [0.717, 1.165) is 16.7 Å². The topological polar surface area (TPSA) is 17.1 Å². The van der Waals surface area contributed by atoms with Crippen molar-refractivity contribution in [1.29, 1.82) is 0 Å². The average Bonchev–Trinajstić information content (AvgIpc) is 2.64. The van der Waals surface area contributed by atoms with Gasteiger partial charge in [0, 0.05) is 5.56 Å². The third-order valence-corrected chi connectivity index (χ3v) is 4.69. The number of hydrogen-bond acceptors (Lipinski definition) is 1. The second-order valence-electron chi connectivity index (χ2n) is 5.93. The molecule has 0 aliphatic rings. The highest BCUT2D eigenvalue weighted by Crippen LogP contribution is 2.38. The van der Waals surface area contributed by atoms with Crippen LogP contribution in [0, 0.1) is 6.92 Å². The second kappa shape index (κ2) is 7.46. The van der Waals surface area contributed by atoms with Gasteiger partial charge in [0.25, 0.3) is 0 Å². The lowest BCUT2D eigenvalue weighted by Gasteiger charge is -2.22. The maximum absolute atomic E-state index is 13.2. The number of carbonyl (C=O) groups is 1. The molecular weight excluding hydrogens is 316 g/mol. The summed E-state index contributed by atoms with van der Waals surface area (Å²) in [5.41, 5.74) is 3.71. The van der Waals surface area contributed by atoms with Crippen LogP contribution in [0.5, 0.6) is 0 Å². The molecule has 0 aliphatic heterocycles. The third kappa shape index (κ3) is 3.58. The molecular formula is C22H19ClO. The van der Waals surface area contributed by atoms with Crippen LogP contribution in [0.4, 0.5) is 0 Å². The van der Waals surface area contributed by atoms with Gasteiger partial charge in [-0.25, -0.2) is 0 Å². The Morgan fingerprint density at radius 1 is 0.750 bits per heavy atom. The number of carbonyl (C=O) groups excluding carboxylic acids is 1. The maximum Gasteiger partial charge on any atom is 0.172 e. The third-order valence-electron chi connectivity index (χ3n) is 4.19. The Kier molecular flexibility index (Phi) is 5.12. The summed E-state index contributed by atoms with van der Waals surface area (Å²) in [6.07, 6.45) is 0. The molecule has 3 rings (SSSR count). The smallest absolute Gasteiger partial charge is 0.172 e. The van der Waals surface area contributed by atoms with Crippen LogP contribution in [-0.2, 0) is 0 Å². The Morgan fingerprint density at radius 3 is 1.79 bits per heavy atom. The summed E-state index contributed by atoms with van der Waals surface area (Å²) in [7, 11) is 0. The van der Waals surface area contributed by atoms with Crippen molar-refractivity contribution in [3.05, 3.63) is 107 Å². The molecule has 0 saturated heterocycles. The maximum atomic E-state index is 13.2. The van der Waals surface area contributed by atoms with Crippen LogP contribution < -0.4 is 0 Å². The number of Topliss-reactive ketones (excluding diaryl/α,β-unsaturated/α-hetero) is 1. The lowest BCUT2D eigenvalue weighted by molar-refractivity contribution is 0.0957. The second-order valence-corrected chi connectivity index (χ2v) is 6.40. The number of benzene rings is 3. The Labute approximate surface area is 147 Å². The molecule has 0 spiro atoms. The molecule has 0 aromatic heterocycles. The van der Waals surface area contributed by atoms with Gasteiger partial charge in [0.05, 0.1) is 11.3 Å². The molecule has 0 amide bonds. The zero-order valence-electron chi connectivity index (χ0n) is 13.5. The minimum atomic E-state index is -0.419. The summed E-state index contributed by atoms with van der Waals surface area (Å²) < 4.78 is 0. The zero-order valence-corrected chi connectivity index (χ0v) is 14.3. The summed E-state index contributed by atoms with van der Waals surface area (Å²) in [4.78, 5) is 13.2. The number of halogens is 1. The van der Waals surface area contributed by atoms with Crippen LogP contribution in [0.3, 0.4) is 0 Å². The Morgan fingerprint density at radius 2 is 1.25 bits per heavy atom. The van der Waals surface area contributed by atoms with E-state index >= 15 is 0 Å². The van der Waals surface area contributed by atoms with Gasteiger partial charge in [-0.2, -0.15) is 0 Å². The summed E-state index contributed by atoms with van der Waals surface area (Å²) in [6, 6.07) is 27.2. The summed E-state index contributed by atoms with van der Waals surface area (Å²) in [6.45, 7) is 2.01. The van der Waals surface area contributed by atoms with E-state index in [1.165, 1.54) is 0 Å². The predicted molar refractivity (Wildman–Crippen MR) is 99.7 cm³/mol. The van der Waals surface area contributed by atoms with E-state index in [1.54, 1.807) is 0 Å². The van der Waals surface area contributed by atoms with E-state index in [2.05, 4.69) is 0 Å². The number of hydrogen-bond donors (Lipinski definition) is 0. The number of aryl methyl sites for hydroxylation is 1. The van der Waals surface area contributed by atoms with Crippen molar-refractivity contribution in [3.63, 3.8) is 0 Å². The molecule has 24 heavy (non-hydrogen) atoms. The lowest BCUT2D eigenvalue weighted by Crippen LogP contribution is -2.18. The van der Waals surface area contributed by atoms with Crippen LogP contribution in [0.15, 0.2) is 84.9 Å². The highest BCUT2D eigenvalue weighted by molar-refractivity contribution is 6.24. The molecule has 0 fully saturated rings. The van der Waals surface area contributed by atoms with Gasteiger partial charge in [-0.3, -0.25) is 4.79 Å². The first kappa shape index (κ1) is 16.5. The summed E-state index contributed by atoms with van der Waals surface area (Å²) in [5.74, 6) is -0.372. The van der Waals surface area contributed by atoms with E-state index < -0.39 is 11.3 Å². The molecule has 3 aromatic rings. The monoisotopic (exact) mass is 334 g/mol. The summed E-state index contributed by atoms with van der Waals surface area (Å²) in [5, 5.41) is -0.414. The highest BCUT2D eigenvalue weighted by atomic mass is 35.5. The van der Waals surface area contributed by atoms with Gasteiger partial charge in [-0.15, -0.1) is 11.6 Å². The fraction of sp³-hybridized carbons (Fsp3) is 0.136. The Bertz CT molecular complexity index is 794. The molecule has 2 unspecified atom stereocenters. The first-order chi connectivity index (χ1) is 11.7. The van der Waals surface area contributed by atoms with E-state index in [9.17, 15) is 4.79 Å². The quantitative estimate of drug-likeness (QED) is 0.416. The molecule has 120 valence electrons. The van der Waals surface area contributed by atoms with Crippen LogP contribution in [-0.4, -0.2) is 5.78 Å². The Balaban J connectivity index is 2.02. The van der Waals surface area contributed by atoms with Crippen molar-refractivity contribution >= 4 is 17.4 Å². The first-order valence-electron chi connectivity index (χ1n) is 8.01. The molecule has 0 aliphatic carbocycles. The first-order valence-corrected chi connectivity index (χ1v) is 8.45. The fourth-order valence-corrected chi connectivity index (χ4v) is 3.25. The van der Waals surface area contributed by atoms with Gasteiger partial charge in [0.2, 0.25) is 0 Å². The molecule has 3 aromatic carbocycles. The van der Waals surface area contributed by atoms with Gasteiger partial charge in [-0.05, 0) is 18.1 Å². The fourth-order valence-electron chi connectivity index (χ4n) is 2.84. The van der Waals surface area contributed by atoms with Gasteiger partial charge in [0.15, 0.2) is 5.78 Å². The van der Waals surface area contributed by atoms with E-state index in [1.807, 2.05) is 91.9 Å². The van der Waals surface area contributed by atoms with Crippen molar-refractivity contribution in [2.24, 2.45) is 0 Å². The molecule has 0 radical (unpaired) electrons. The minimum Gasteiger partial charge on any atom is -0.293 e. The molecule has 2 heteroatoms. The summed E-state index contributed by atoms with van der Waals surface area (Å²) >= 11 is 6.76. The van der Waals surface area contributed by atoms with Crippen molar-refractivity contribution in [2.75, 3.05) is 0 Å². The zero-order chi connectivity index (χ0) is 16.9. The van der Waals surface area contributed by atoms with Gasteiger partial charge in [-0.1, -0.05) is 90.5 Å². The van der Waals surface area contributed by atoms with Crippen molar-refractivity contribution in [1.82, 2.24) is 0 Å². The van der Waals surface area contributed by atoms with E-state index in [0.29, 0.717) is 5.56 Å². The van der Waals surface area contributed by atoms with Gasteiger partial charge >= 0.3 is 0 Å². The van der Waals surface area contributed by atoms with Crippen molar-refractivity contribution in [3.8, 4) is 0 Å². The molecule has 2 atom stereocenters. The molecule has 1 nitrogen and oxygen atoms in total. The number of alkyl halides is 1. The van der Waals surface area contributed by atoms with Crippen LogP contribution in [0.25, 0.3) is 0 Å². The van der Waals surface area contributed by atoms with Crippen LogP contribution in [0.1, 0.15) is 38.3 Å². The van der Waals surface area contributed by atoms with Crippen molar-refractivity contribution < 1.29 is 4.79 Å². The average molecular weight is 335 g/mol. The Hall–Kier alpha value is -2.38. The normalized spacial score (nSPS) is 13.2. The minimum absolute atomic E-state index is 0.0463. The SMILES string of the molecule is Cc1ccc(C(=O)C(c2ccccc2)C(Cl)c2ccccc2)cc1. The van der Waals surface area contributed by atoms with Crippen LogP contribution >= 0.6 is 11.6 Å². The lowest BCUT2D eigenvalue weighted by atomic mass is 9.85. The molecule has 0 N–H and O–H groups in total. The highest BCUT2D eigenvalue weighted by Gasteiger charge is 2.30. The molecule has 0 saturated carbocycles. The van der Waals surface area contributed by atoms with E-state index in [-0.39, 0.29) is 5.78 Å². The molecule has 0 bridgehead atoms. The predicted octanol–water partition coefficient (Wildman–Crippen LogP) is 5.94. The standard InChI is InChI=1S/C22H19ClO/c1-16-12-14-19(15-13-16)22(24)20(17-8-4-2-5-9-17)21(23)18-10-6-3-7-11-18/h2-15,20-21H,1H3.